The molecule has 1 aromatic rings. The Morgan fingerprint density at radius 2 is 1.84 bits per heavy atom. The molecular weight excluding hydrogens is 304 g/mol. The van der Waals surface area contributed by atoms with Crippen molar-refractivity contribution >= 4 is 15.9 Å². The number of methoxy groups -OCH3 is 1. The van der Waals surface area contributed by atoms with Gasteiger partial charge in [-0.25, -0.2) is 0 Å². The van der Waals surface area contributed by atoms with Crippen LogP contribution in [-0.4, -0.2) is 38.2 Å². The van der Waals surface area contributed by atoms with E-state index in [2.05, 4.69) is 54.0 Å². The number of ether oxygens (including phenoxy) is 1. The van der Waals surface area contributed by atoms with Crippen LogP contribution in [0.25, 0.3) is 0 Å². The second-order valence-electron chi connectivity index (χ2n) is 5.43. The van der Waals surface area contributed by atoms with E-state index < -0.39 is 0 Å². The second kappa shape index (κ2) is 5.81. The zero-order chi connectivity index (χ0) is 14.2. The maximum Gasteiger partial charge on any atom is 0.126 e. The fourth-order valence-electron chi connectivity index (χ4n) is 2.58. The number of nitrogens with one attached hydrogen (secondary N) is 1. The summed E-state index contributed by atoms with van der Waals surface area (Å²) in [6, 6.07) is 0.643. The maximum absolute atomic E-state index is 5.66. The SMILES string of the molecule is COc1c(C)c(C)c(Br)c(C)c1CN(C)C1CNC1. The lowest BCUT2D eigenvalue weighted by molar-refractivity contribution is 0.171. The van der Waals surface area contributed by atoms with Crippen molar-refractivity contribution in [3.05, 3.63) is 26.7 Å². The molecule has 1 aliphatic rings. The quantitative estimate of drug-likeness (QED) is 0.920. The molecule has 0 aliphatic carbocycles. The van der Waals surface area contributed by atoms with Gasteiger partial charge in [0, 0.05) is 35.7 Å². The Kier molecular flexibility index (Phi) is 4.54. The van der Waals surface area contributed by atoms with E-state index in [-0.39, 0.29) is 0 Å². The fraction of sp³-hybridized carbons (Fsp3) is 0.600. The van der Waals surface area contributed by atoms with Crippen molar-refractivity contribution in [3.8, 4) is 5.75 Å². The Balaban J connectivity index is 2.37. The highest BCUT2D eigenvalue weighted by Crippen LogP contribution is 2.36. The van der Waals surface area contributed by atoms with Gasteiger partial charge in [-0.2, -0.15) is 0 Å². The summed E-state index contributed by atoms with van der Waals surface area (Å²) in [4.78, 5) is 2.41. The van der Waals surface area contributed by atoms with Crippen LogP contribution in [0.2, 0.25) is 0 Å². The van der Waals surface area contributed by atoms with Crippen LogP contribution in [0.15, 0.2) is 4.47 Å². The summed E-state index contributed by atoms with van der Waals surface area (Å²) in [5.41, 5.74) is 5.09. The van der Waals surface area contributed by atoms with Gasteiger partial charge in [-0.3, -0.25) is 4.90 Å². The third-order valence-electron chi connectivity index (χ3n) is 4.28. The summed E-state index contributed by atoms with van der Waals surface area (Å²) in [5.74, 6) is 1.04. The number of hydrogen-bond donors (Lipinski definition) is 1. The monoisotopic (exact) mass is 326 g/mol. The summed E-state index contributed by atoms with van der Waals surface area (Å²) in [5, 5.41) is 3.32. The van der Waals surface area contributed by atoms with Crippen LogP contribution >= 0.6 is 15.9 Å². The summed E-state index contributed by atoms with van der Waals surface area (Å²) >= 11 is 3.72. The average molecular weight is 327 g/mol. The van der Waals surface area contributed by atoms with Crippen LogP contribution in [0.5, 0.6) is 5.75 Å². The van der Waals surface area contributed by atoms with Crippen molar-refractivity contribution in [1.82, 2.24) is 10.2 Å². The molecule has 0 aromatic heterocycles. The van der Waals surface area contributed by atoms with Crippen LogP contribution in [-0.2, 0) is 6.54 Å². The third-order valence-corrected chi connectivity index (χ3v) is 5.47. The molecule has 0 bridgehead atoms. The normalized spacial score (nSPS) is 15.7. The molecule has 1 saturated heterocycles. The molecule has 19 heavy (non-hydrogen) atoms. The summed E-state index contributed by atoms with van der Waals surface area (Å²) in [6.07, 6.45) is 0. The molecular formula is C15H23BrN2O. The smallest absolute Gasteiger partial charge is 0.126 e. The summed E-state index contributed by atoms with van der Waals surface area (Å²) in [6.45, 7) is 9.54. The van der Waals surface area contributed by atoms with Crippen LogP contribution in [0, 0.1) is 20.8 Å². The lowest BCUT2D eigenvalue weighted by atomic mass is 9.98. The highest BCUT2D eigenvalue weighted by Gasteiger charge is 2.24. The number of nitrogens with zero attached hydrogens (tertiary/aromatic N) is 1. The number of benzene rings is 1. The highest BCUT2D eigenvalue weighted by molar-refractivity contribution is 9.10. The van der Waals surface area contributed by atoms with Gasteiger partial charge in [0.2, 0.25) is 0 Å². The van der Waals surface area contributed by atoms with Crippen molar-refractivity contribution in [2.75, 3.05) is 27.2 Å². The number of halogens is 1. The van der Waals surface area contributed by atoms with E-state index >= 15 is 0 Å². The van der Waals surface area contributed by atoms with Crippen molar-refractivity contribution in [1.29, 1.82) is 0 Å². The molecule has 0 unspecified atom stereocenters. The van der Waals surface area contributed by atoms with Gasteiger partial charge >= 0.3 is 0 Å². The average Bonchev–Trinajstić information content (AvgIpc) is 2.31. The number of hydrogen-bond acceptors (Lipinski definition) is 3. The van der Waals surface area contributed by atoms with Crippen molar-refractivity contribution < 1.29 is 4.74 Å². The first-order valence-electron chi connectivity index (χ1n) is 6.70. The Bertz CT molecular complexity index is 484. The minimum atomic E-state index is 0.643. The third kappa shape index (κ3) is 2.67. The van der Waals surface area contributed by atoms with Crippen molar-refractivity contribution in [3.63, 3.8) is 0 Å². The van der Waals surface area contributed by atoms with Gasteiger partial charge in [0.05, 0.1) is 7.11 Å². The molecule has 1 N–H and O–H groups in total. The van der Waals surface area contributed by atoms with Gasteiger partial charge in [0.15, 0.2) is 0 Å². The van der Waals surface area contributed by atoms with Crippen LogP contribution in [0.3, 0.4) is 0 Å². The predicted molar refractivity (Wildman–Crippen MR) is 83.0 cm³/mol. The van der Waals surface area contributed by atoms with E-state index in [0.717, 1.165) is 25.4 Å². The van der Waals surface area contributed by atoms with Gasteiger partial charge in [-0.1, -0.05) is 15.9 Å². The maximum atomic E-state index is 5.66. The lowest BCUT2D eigenvalue weighted by Crippen LogP contribution is -2.55. The minimum absolute atomic E-state index is 0.643. The van der Waals surface area contributed by atoms with Crippen LogP contribution in [0.4, 0.5) is 0 Å². The van der Waals surface area contributed by atoms with E-state index in [0.29, 0.717) is 6.04 Å². The molecule has 1 heterocycles. The molecule has 106 valence electrons. The first-order valence-corrected chi connectivity index (χ1v) is 7.49. The van der Waals surface area contributed by atoms with E-state index in [9.17, 15) is 0 Å². The Hall–Kier alpha value is -0.580. The van der Waals surface area contributed by atoms with Gasteiger partial charge in [-0.05, 0) is 44.5 Å². The Labute approximate surface area is 124 Å². The zero-order valence-electron chi connectivity index (χ0n) is 12.4. The standard InChI is InChI=1S/C15H23BrN2O/c1-9-10(2)15(19-5)13(11(3)14(9)16)8-18(4)12-6-17-7-12/h12,17H,6-8H2,1-5H3. The van der Waals surface area contributed by atoms with Crippen molar-refractivity contribution in [2.45, 2.75) is 33.4 Å². The molecule has 0 saturated carbocycles. The van der Waals surface area contributed by atoms with E-state index in [1.807, 2.05) is 0 Å². The number of likely N-dealkylation sites (N-methyl/N-ethyl adjacent to an activating group) is 1. The molecule has 1 aliphatic heterocycles. The first-order chi connectivity index (χ1) is 8.97. The van der Waals surface area contributed by atoms with Crippen LogP contribution in [0.1, 0.15) is 22.3 Å². The first kappa shape index (κ1) is 14.8. The van der Waals surface area contributed by atoms with Gasteiger partial charge < -0.3 is 10.1 Å². The molecule has 1 aromatic carbocycles. The van der Waals surface area contributed by atoms with E-state index in [1.54, 1.807) is 7.11 Å². The van der Waals surface area contributed by atoms with Crippen molar-refractivity contribution in [2.24, 2.45) is 0 Å². The molecule has 0 atom stereocenters. The van der Waals surface area contributed by atoms with Gasteiger partial charge in [-0.15, -0.1) is 0 Å². The Morgan fingerprint density at radius 3 is 2.32 bits per heavy atom. The summed E-state index contributed by atoms with van der Waals surface area (Å²) in [7, 11) is 3.96. The topological polar surface area (TPSA) is 24.5 Å². The van der Waals surface area contributed by atoms with E-state index in [1.165, 1.54) is 26.7 Å². The number of rotatable bonds is 4. The molecule has 4 heteroatoms. The lowest BCUT2D eigenvalue weighted by Gasteiger charge is -2.36. The van der Waals surface area contributed by atoms with Gasteiger partial charge in [0.1, 0.15) is 5.75 Å². The predicted octanol–water partition coefficient (Wildman–Crippen LogP) is 2.79. The van der Waals surface area contributed by atoms with E-state index in [4.69, 9.17) is 4.74 Å². The largest absolute Gasteiger partial charge is 0.496 e. The Morgan fingerprint density at radius 1 is 1.21 bits per heavy atom. The summed E-state index contributed by atoms with van der Waals surface area (Å²) < 4.78 is 6.87. The fourth-order valence-corrected chi connectivity index (χ4v) is 3.11. The zero-order valence-corrected chi connectivity index (χ0v) is 14.0. The second-order valence-corrected chi connectivity index (χ2v) is 6.22. The van der Waals surface area contributed by atoms with Gasteiger partial charge in [0.25, 0.3) is 0 Å². The highest BCUT2D eigenvalue weighted by atomic mass is 79.9. The molecule has 2 rings (SSSR count). The molecule has 0 amide bonds. The molecule has 0 spiro atoms. The molecule has 1 fully saturated rings. The van der Waals surface area contributed by atoms with Crippen LogP contribution < -0.4 is 10.1 Å². The molecule has 3 nitrogen and oxygen atoms in total. The molecule has 0 radical (unpaired) electrons. The minimum Gasteiger partial charge on any atom is -0.496 e.